The summed E-state index contributed by atoms with van der Waals surface area (Å²) in [6.07, 6.45) is 10.5. The van der Waals surface area contributed by atoms with E-state index in [0.717, 1.165) is 70.6 Å². The molecule has 3 nitrogen and oxygen atoms in total. The predicted octanol–water partition coefficient (Wildman–Crippen LogP) is 11.7. The first-order valence-electron chi connectivity index (χ1n) is 17.6. The maximum absolute atomic E-state index is 15.1. The molecule has 0 bridgehead atoms. The average Bonchev–Trinajstić information content (AvgIpc) is 3.10. The largest absolute Gasteiger partial charge is 0.490 e. The molecule has 0 aliphatic heterocycles. The van der Waals surface area contributed by atoms with Crippen LogP contribution in [0.25, 0.3) is 11.1 Å². The Bertz CT molecular complexity index is 1510. The van der Waals surface area contributed by atoms with Crippen LogP contribution in [0.3, 0.4) is 0 Å². The highest BCUT2D eigenvalue weighted by atomic mass is 19.2. The summed E-state index contributed by atoms with van der Waals surface area (Å²) >= 11 is 0. The van der Waals surface area contributed by atoms with Crippen molar-refractivity contribution in [3.8, 4) is 28.4 Å². The molecular weight excluding hydrogens is 630 g/mol. The second-order valence-corrected chi connectivity index (χ2v) is 13.4. The summed E-state index contributed by atoms with van der Waals surface area (Å²) in [7, 11) is 0. The van der Waals surface area contributed by atoms with Crippen molar-refractivity contribution in [2.24, 2.45) is 17.8 Å². The summed E-state index contributed by atoms with van der Waals surface area (Å²) in [6.45, 7) is 4.77. The minimum absolute atomic E-state index is 0.00805. The van der Waals surface area contributed by atoms with E-state index < -0.39 is 46.0 Å². The Kier molecular flexibility index (Phi) is 12.6. The maximum atomic E-state index is 15.1. The van der Waals surface area contributed by atoms with E-state index in [1.54, 1.807) is 12.1 Å². The molecule has 3 aromatic rings. The molecule has 0 radical (unpaired) electrons. The van der Waals surface area contributed by atoms with Gasteiger partial charge in [-0.1, -0.05) is 32.8 Å². The van der Waals surface area contributed by atoms with E-state index in [4.69, 9.17) is 14.2 Å². The summed E-state index contributed by atoms with van der Waals surface area (Å²) in [5, 5.41) is 0. The van der Waals surface area contributed by atoms with Crippen LogP contribution in [0.4, 0.5) is 26.3 Å². The van der Waals surface area contributed by atoms with Crippen molar-refractivity contribution in [2.75, 3.05) is 19.8 Å². The van der Waals surface area contributed by atoms with E-state index in [1.165, 1.54) is 24.3 Å². The highest BCUT2D eigenvalue weighted by Crippen LogP contribution is 2.45. The number of benzene rings is 3. The molecule has 2 aliphatic carbocycles. The van der Waals surface area contributed by atoms with Crippen molar-refractivity contribution in [3.05, 3.63) is 76.9 Å². The molecule has 0 N–H and O–H groups in total. The van der Waals surface area contributed by atoms with Crippen LogP contribution in [0.5, 0.6) is 17.2 Å². The molecule has 0 spiro atoms. The smallest absolute Gasteiger partial charge is 0.201 e. The van der Waals surface area contributed by atoms with E-state index >= 15 is 8.78 Å². The van der Waals surface area contributed by atoms with Crippen molar-refractivity contribution in [3.63, 3.8) is 0 Å². The summed E-state index contributed by atoms with van der Waals surface area (Å²) in [4.78, 5) is 0. The quantitative estimate of drug-likeness (QED) is 0.126. The number of unbranched alkanes of at least 4 members (excludes halogenated alkanes) is 2. The second-order valence-electron chi connectivity index (χ2n) is 13.4. The van der Waals surface area contributed by atoms with Crippen LogP contribution >= 0.6 is 0 Å². The fourth-order valence-corrected chi connectivity index (χ4v) is 7.26. The van der Waals surface area contributed by atoms with Gasteiger partial charge >= 0.3 is 0 Å². The van der Waals surface area contributed by atoms with E-state index in [2.05, 4.69) is 0 Å². The third-order valence-electron chi connectivity index (χ3n) is 10.2. The molecule has 2 saturated carbocycles. The molecule has 2 aliphatic rings. The molecule has 0 unspecified atom stereocenters. The molecule has 3 aromatic carbocycles. The van der Waals surface area contributed by atoms with Crippen LogP contribution in [-0.4, -0.2) is 19.8 Å². The lowest BCUT2D eigenvalue weighted by atomic mass is 9.68. The van der Waals surface area contributed by atoms with Gasteiger partial charge in [0.05, 0.1) is 19.8 Å². The molecule has 262 valence electrons. The summed E-state index contributed by atoms with van der Waals surface area (Å²) in [6, 6.07) is 8.09. The first kappa shape index (κ1) is 35.9. The van der Waals surface area contributed by atoms with Crippen LogP contribution in [0.15, 0.2) is 36.4 Å². The fraction of sp³-hybridized carbons (Fsp3) is 0.538. The Labute approximate surface area is 280 Å². The molecule has 0 aromatic heterocycles. The first-order chi connectivity index (χ1) is 23.2. The zero-order chi connectivity index (χ0) is 34.2. The van der Waals surface area contributed by atoms with E-state index in [1.807, 2.05) is 13.8 Å². The van der Waals surface area contributed by atoms with Crippen LogP contribution < -0.4 is 14.2 Å². The zero-order valence-corrected chi connectivity index (χ0v) is 27.9. The normalized spacial score (nSPS) is 21.2. The van der Waals surface area contributed by atoms with Crippen LogP contribution in [-0.2, 0) is 0 Å². The molecule has 0 atom stereocenters. The highest BCUT2D eigenvalue weighted by molar-refractivity contribution is 5.67. The molecule has 5 rings (SSSR count). The summed E-state index contributed by atoms with van der Waals surface area (Å²) in [5.41, 5.74) is -0.352. The molecule has 0 heterocycles. The van der Waals surface area contributed by atoms with Gasteiger partial charge in [0.2, 0.25) is 17.5 Å². The lowest BCUT2D eigenvalue weighted by Gasteiger charge is -2.38. The van der Waals surface area contributed by atoms with Gasteiger partial charge in [-0.3, -0.25) is 0 Å². The van der Waals surface area contributed by atoms with Gasteiger partial charge in [-0.2, -0.15) is 13.2 Å². The van der Waals surface area contributed by atoms with E-state index in [9.17, 15) is 17.6 Å². The van der Waals surface area contributed by atoms with E-state index in [0.29, 0.717) is 30.4 Å². The van der Waals surface area contributed by atoms with Gasteiger partial charge in [0.1, 0.15) is 0 Å². The number of ether oxygens (including phenoxy) is 3. The molecule has 0 saturated heterocycles. The van der Waals surface area contributed by atoms with Gasteiger partial charge in [0.15, 0.2) is 34.7 Å². The average molecular weight is 677 g/mol. The lowest BCUT2D eigenvalue weighted by Crippen LogP contribution is -2.27. The lowest BCUT2D eigenvalue weighted by molar-refractivity contribution is 0.129. The number of rotatable bonds is 14. The Balaban J connectivity index is 1.10. The minimum Gasteiger partial charge on any atom is -0.490 e. The molecule has 48 heavy (non-hydrogen) atoms. The topological polar surface area (TPSA) is 27.7 Å². The predicted molar refractivity (Wildman–Crippen MR) is 175 cm³/mol. The van der Waals surface area contributed by atoms with Crippen molar-refractivity contribution >= 4 is 0 Å². The molecule has 2 fully saturated rings. The van der Waals surface area contributed by atoms with Crippen molar-refractivity contribution < 1.29 is 40.6 Å². The van der Waals surface area contributed by atoms with Gasteiger partial charge < -0.3 is 14.2 Å². The van der Waals surface area contributed by atoms with Gasteiger partial charge in [-0.15, -0.1) is 0 Å². The summed E-state index contributed by atoms with van der Waals surface area (Å²) in [5.74, 6) is -6.10. The summed E-state index contributed by atoms with van der Waals surface area (Å²) < 4.78 is 105. The monoisotopic (exact) mass is 676 g/mol. The Morgan fingerprint density at radius 3 is 1.44 bits per heavy atom. The van der Waals surface area contributed by atoms with Crippen molar-refractivity contribution in [1.29, 1.82) is 0 Å². The first-order valence-corrected chi connectivity index (χ1v) is 17.6. The molecular formula is C39H46F6O3. The third kappa shape index (κ3) is 8.25. The van der Waals surface area contributed by atoms with Crippen molar-refractivity contribution in [2.45, 2.75) is 96.8 Å². The van der Waals surface area contributed by atoms with E-state index in [-0.39, 0.29) is 42.3 Å². The zero-order valence-electron chi connectivity index (χ0n) is 27.9. The van der Waals surface area contributed by atoms with Gasteiger partial charge in [0.25, 0.3) is 0 Å². The number of hydrogen-bond donors (Lipinski definition) is 0. The van der Waals surface area contributed by atoms with Gasteiger partial charge in [-0.25, -0.2) is 13.2 Å². The highest BCUT2D eigenvalue weighted by Gasteiger charge is 2.33. The number of halogens is 6. The fourth-order valence-electron chi connectivity index (χ4n) is 7.26. The van der Waals surface area contributed by atoms with Gasteiger partial charge in [-0.05, 0) is 124 Å². The minimum atomic E-state index is -1.30. The SMILES string of the molecule is CCCCOc1ccc(-c2ccc(OCC3CCC(C4CCC(c5ccc(OCCCC)c(F)c5F)CC4)CC3)c(F)c2F)c(F)c1F. The molecule has 9 heteroatoms. The van der Waals surface area contributed by atoms with Crippen LogP contribution in [0, 0.1) is 52.7 Å². The van der Waals surface area contributed by atoms with Crippen LogP contribution in [0.1, 0.15) is 102 Å². The van der Waals surface area contributed by atoms with Crippen molar-refractivity contribution in [1.82, 2.24) is 0 Å². The van der Waals surface area contributed by atoms with Gasteiger partial charge in [0, 0.05) is 11.1 Å². The second kappa shape index (κ2) is 16.8. The Hall–Kier alpha value is -3.36. The third-order valence-corrected chi connectivity index (χ3v) is 10.2. The Morgan fingerprint density at radius 1 is 0.500 bits per heavy atom. The molecule has 0 amide bonds. The number of hydrogen-bond acceptors (Lipinski definition) is 3. The maximum Gasteiger partial charge on any atom is 0.201 e. The standard InChI is InChI=1S/C39H46F6O3/c1-3-5-21-46-31-18-15-28(34(40)37(31)43)27-13-11-26(12-14-27)25-9-7-24(8-10-25)23-48-33-20-17-30(36(42)39(33)45)29-16-19-32(38(44)35(29)41)47-22-6-4-2/h15-20,24-27H,3-14,21-23H2,1-2H3. The van der Waals surface area contributed by atoms with Crippen LogP contribution in [0.2, 0.25) is 0 Å². The Morgan fingerprint density at radius 2 is 0.938 bits per heavy atom.